The van der Waals surface area contributed by atoms with Crippen LogP contribution in [0.5, 0.6) is 0 Å². The largest absolute Gasteiger partial charge is 0.373 e. The maximum absolute atomic E-state index is 5.82. The Morgan fingerprint density at radius 3 is 2.69 bits per heavy atom. The van der Waals surface area contributed by atoms with E-state index in [2.05, 4.69) is 26.7 Å². The van der Waals surface area contributed by atoms with E-state index < -0.39 is 0 Å². The smallest absolute Gasteiger partial charge is 0.0821 e. The summed E-state index contributed by atoms with van der Waals surface area (Å²) in [5.41, 5.74) is 1.55. The molecule has 1 aliphatic heterocycles. The standard InChI is InChI=1S/C11H17IO/c12-8-10-6-7-13-11(10)9-4-2-1-3-5-9/h8-9,11H,1-7H2/b10-8+. The van der Waals surface area contributed by atoms with E-state index in [1.807, 2.05) is 0 Å². The zero-order valence-electron chi connectivity index (χ0n) is 7.97. The maximum atomic E-state index is 5.82. The summed E-state index contributed by atoms with van der Waals surface area (Å²) in [5.74, 6) is 0.831. The average molecular weight is 292 g/mol. The SMILES string of the molecule is I/C=C1\CCOC1C1CCCCC1. The Hall–Kier alpha value is 0.430. The van der Waals surface area contributed by atoms with Gasteiger partial charge >= 0.3 is 0 Å². The van der Waals surface area contributed by atoms with E-state index in [4.69, 9.17) is 4.74 Å². The minimum atomic E-state index is 0.484. The van der Waals surface area contributed by atoms with Gasteiger partial charge in [0.05, 0.1) is 12.7 Å². The molecule has 0 amide bonds. The number of rotatable bonds is 1. The predicted molar refractivity (Wildman–Crippen MR) is 63.0 cm³/mol. The zero-order valence-corrected chi connectivity index (χ0v) is 10.1. The lowest BCUT2D eigenvalue weighted by molar-refractivity contribution is 0.0630. The first-order valence-corrected chi connectivity index (χ1v) is 6.57. The molecule has 0 aromatic heterocycles. The second-order valence-electron chi connectivity index (χ2n) is 4.12. The monoisotopic (exact) mass is 292 g/mol. The van der Waals surface area contributed by atoms with Crippen molar-refractivity contribution in [3.8, 4) is 0 Å². The Bertz CT molecular complexity index is 194. The molecular formula is C11H17IO. The predicted octanol–water partition coefficient (Wildman–Crippen LogP) is 3.67. The highest BCUT2D eigenvalue weighted by molar-refractivity contribution is 14.1. The van der Waals surface area contributed by atoms with Crippen LogP contribution in [0.15, 0.2) is 9.66 Å². The zero-order chi connectivity index (χ0) is 9.10. The van der Waals surface area contributed by atoms with Crippen LogP contribution in [-0.2, 0) is 4.74 Å². The van der Waals surface area contributed by atoms with Crippen molar-refractivity contribution in [3.05, 3.63) is 9.66 Å². The molecule has 1 heterocycles. The molecule has 1 aliphatic carbocycles. The fourth-order valence-corrected chi connectivity index (χ4v) is 3.21. The van der Waals surface area contributed by atoms with E-state index in [0.717, 1.165) is 12.5 Å². The second kappa shape index (κ2) is 4.78. The molecule has 0 N–H and O–H groups in total. The fourth-order valence-electron chi connectivity index (χ4n) is 2.55. The molecule has 0 spiro atoms. The molecular weight excluding hydrogens is 275 g/mol. The van der Waals surface area contributed by atoms with Gasteiger partial charge in [-0.3, -0.25) is 0 Å². The quantitative estimate of drug-likeness (QED) is 0.670. The molecule has 74 valence electrons. The summed E-state index contributed by atoms with van der Waals surface area (Å²) < 4.78 is 8.06. The van der Waals surface area contributed by atoms with Gasteiger partial charge in [-0.1, -0.05) is 41.9 Å². The Morgan fingerprint density at radius 2 is 2.00 bits per heavy atom. The van der Waals surface area contributed by atoms with Crippen molar-refractivity contribution in [1.82, 2.24) is 0 Å². The Labute approximate surface area is 94.1 Å². The van der Waals surface area contributed by atoms with Gasteiger partial charge in [0.1, 0.15) is 0 Å². The summed E-state index contributed by atoms with van der Waals surface area (Å²) in [5, 5.41) is 0. The molecule has 1 saturated carbocycles. The van der Waals surface area contributed by atoms with Gasteiger partial charge in [-0.15, -0.1) is 0 Å². The number of ether oxygens (including phenoxy) is 1. The molecule has 2 aliphatic rings. The molecule has 0 bridgehead atoms. The molecule has 2 heteroatoms. The summed E-state index contributed by atoms with van der Waals surface area (Å²) in [6, 6.07) is 0. The van der Waals surface area contributed by atoms with Crippen molar-refractivity contribution in [3.63, 3.8) is 0 Å². The average Bonchev–Trinajstić information content (AvgIpc) is 2.67. The van der Waals surface area contributed by atoms with Gasteiger partial charge < -0.3 is 4.74 Å². The first-order chi connectivity index (χ1) is 6.42. The summed E-state index contributed by atoms with van der Waals surface area (Å²) in [7, 11) is 0. The summed E-state index contributed by atoms with van der Waals surface area (Å²) in [6.45, 7) is 0.954. The lowest BCUT2D eigenvalue weighted by Gasteiger charge is -2.27. The van der Waals surface area contributed by atoms with Crippen LogP contribution in [0.1, 0.15) is 38.5 Å². The molecule has 2 rings (SSSR count). The third kappa shape index (κ3) is 2.27. The summed E-state index contributed by atoms with van der Waals surface area (Å²) in [4.78, 5) is 0. The minimum absolute atomic E-state index is 0.484. The van der Waals surface area contributed by atoms with Crippen LogP contribution in [0.2, 0.25) is 0 Å². The Kier molecular flexibility index (Phi) is 3.66. The Balaban J connectivity index is 1.98. The van der Waals surface area contributed by atoms with Gasteiger partial charge in [0.25, 0.3) is 0 Å². The van der Waals surface area contributed by atoms with Crippen molar-refractivity contribution in [1.29, 1.82) is 0 Å². The van der Waals surface area contributed by atoms with Crippen LogP contribution >= 0.6 is 22.6 Å². The lowest BCUT2D eigenvalue weighted by atomic mass is 9.83. The van der Waals surface area contributed by atoms with E-state index in [1.54, 1.807) is 5.57 Å². The number of hydrogen-bond donors (Lipinski definition) is 0. The van der Waals surface area contributed by atoms with Crippen LogP contribution in [0.3, 0.4) is 0 Å². The molecule has 0 radical (unpaired) electrons. The highest BCUT2D eigenvalue weighted by atomic mass is 127. The molecule has 0 aromatic carbocycles. The van der Waals surface area contributed by atoms with Gasteiger partial charge in [-0.05, 0) is 34.8 Å². The normalized spacial score (nSPS) is 34.2. The molecule has 1 atom stereocenters. The van der Waals surface area contributed by atoms with E-state index in [9.17, 15) is 0 Å². The van der Waals surface area contributed by atoms with Crippen LogP contribution in [0.25, 0.3) is 0 Å². The van der Waals surface area contributed by atoms with E-state index in [1.165, 1.54) is 38.5 Å². The van der Waals surface area contributed by atoms with Crippen molar-refractivity contribution < 1.29 is 4.74 Å². The molecule has 0 aromatic rings. The number of halogens is 1. The van der Waals surface area contributed by atoms with Gasteiger partial charge in [-0.2, -0.15) is 0 Å². The van der Waals surface area contributed by atoms with Gasteiger partial charge in [-0.25, -0.2) is 0 Å². The third-order valence-corrected chi connectivity index (χ3v) is 4.07. The fraction of sp³-hybridized carbons (Fsp3) is 0.818. The summed E-state index contributed by atoms with van der Waals surface area (Å²) >= 11 is 2.36. The first-order valence-electron chi connectivity index (χ1n) is 5.32. The molecule has 1 nitrogen and oxygen atoms in total. The minimum Gasteiger partial charge on any atom is -0.373 e. The molecule has 2 fully saturated rings. The number of hydrogen-bond acceptors (Lipinski definition) is 1. The van der Waals surface area contributed by atoms with Crippen LogP contribution in [-0.4, -0.2) is 12.7 Å². The summed E-state index contributed by atoms with van der Waals surface area (Å²) in [6.07, 6.45) is 8.70. The van der Waals surface area contributed by atoms with Gasteiger partial charge in [0.15, 0.2) is 0 Å². The molecule has 1 unspecified atom stereocenters. The van der Waals surface area contributed by atoms with Crippen molar-refractivity contribution in [2.75, 3.05) is 6.61 Å². The van der Waals surface area contributed by atoms with Crippen LogP contribution in [0, 0.1) is 5.92 Å². The van der Waals surface area contributed by atoms with Crippen LogP contribution < -0.4 is 0 Å². The van der Waals surface area contributed by atoms with Crippen molar-refractivity contribution in [2.45, 2.75) is 44.6 Å². The van der Waals surface area contributed by atoms with Crippen molar-refractivity contribution in [2.24, 2.45) is 5.92 Å². The van der Waals surface area contributed by atoms with Gasteiger partial charge in [0.2, 0.25) is 0 Å². The second-order valence-corrected chi connectivity index (χ2v) is 4.75. The van der Waals surface area contributed by atoms with E-state index >= 15 is 0 Å². The van der Waals surface area contributed by atoms with Gasteiger partial charge in [0, 0.05) is 0 Å². The van der Waals surface area contributed by atoms with Crippen LogP contribution in [0.4, 0.5) is 0 Å². The topological polar surface area (TPSA) is 9.23 Å². The van der Waals surface area contributed by atoms with E-state index in [0.29, 0.717) is 6.10 Å². The highest BCUT2D eigenvalue weighted by Gasteiger charge is 2.30. The lowest BCUT2D eigenvalue weighted by Crippen LogP contribution is -2.23. The maximum Gasteiger partial charge on any atom is 0.0821 e. The molecule has 1 saturated heterocycles. The molecule has 13 heavy (non-hydrogen) atoms. The highest BCUT2D eigenvalue weighted by Crippen LogP contribution is 2.35. The third-order valence-electron chi connectivity index (χ3n) is 3.27. The first kappa shape index (κ1) is 9.97. The Morgan fingerprint density at radius 1 is 1.23 bits per heavy atom. The van der Waals surface area contributed by atoms with Crippen molar-refractivity contribution >= 4 is 22.6 Å². The van der Waals surface area contributed by atoms with E-state index in [-0.39, 0.29) is 0 Å².